The van der Waals surface area contributed by atoms with Gasteiger partial charge < -0.3 is 10.8 Å². The van der Waals surface area contributed by atoms with Crippen molar-refractivity contribution in [1.29, 1.82) is 0 Å². The summed E-state index contributed by atoms with van der Waals surface area (Å²) >= 11 is 3.44. The fourth-order valence-corrected chi connectivity index (χ4v) is 1.82. The van der Waals surface area contributed by atoms with E-state index in [9.17, 15) is 4.79 Å². The van der Waals surface area contributed by atoms with Crippen LogP contribution in [0.5, 0.6) is 0 Å². The predicted molar refractivity (Wildman–Crippen MR) is 62.7 cm³/mol. The minimum absolute atomic E-state index is 0.511. The summed E-state index contributed by atoms with van der Waals surface area (Å²) in [5.41, 5.74) is 6.60. The molecule has 82 valence electrons. The number of carboxylic acids is 1. The minimum atomic E-state index is -0.929. The maximum absolute atomic E-state index is 10.5. The Hall–Kier alpha value is -0.870. The Labute approximate surface area is 97.4 Å². The Morgan fingerprint density at radius 1 is 1.47 bits per heavy atom. The van der Waals surface area contributed by atoms with E-state index in [1.165, 1.54) is 5.56 Å². The third-order valence-corrected chi connectivity index (χ3v) is 3.01. The second-order valence-electron chi connectivity index (χ2n) is 3.43. The highest BCUT2D eigenvalue weighted by Crippen LogP contribution is 2.18. The van der Waals surface area contributed by atoms with E-state index in [0.717, 1.165) is 17.3 Å². The first-order valence-electron chi connectivity index (χ1n) is 4.83. The van der Waals surface area contributed by atoms with Crippen LogP contribution in [0.1, 0.15) is 18.4 Å². The highest BCUT2D eigenvalue weighted by Gasteiger charge is 2.10. The van der Waals surface area contributed by atoms with Gasteiger partial charge in [-0.25, -0.2) is 0 Å². The van der Waals surface area contributed by atoms with Gasteiger partial charge in [-0.05, 0) is 30.9 Å². The normalized spacial score (nSPS) is 12.4. The van der Waals surface area contributed by atoms with Crippen molar-refractivity contribution in [3.8, 4) is 0 Å². The van der Waals surface area contributed by atoms with Gasteiger partial charge in [-0.15, -0.1) is 0 Å². The molecule has 0 aromatic heterocycles. The highest BCUT2D eigenvalue weighted by molar-refractivity contribution is 9.10. The summed E-state index contributed by atoms with van der Waals surface area (Å²) in [5, 5.41) is 8.60. The molecule has 0 heterocycles. The van der Waals surface area contributed by atoms with E-state index in [-0.39, 0.29) is 0 Å². The molecule has 0 radical (unpaired) electrons. The number of nitrogens with two attached hydrogens (primary N) is 1. The van der Waals surface area contributed by atoms with Crippen molar-refractivity contribution in [3.05, 3.63) is 34.3 Å². The number of hydrogen-bond acceptors (Lipinski definition) is 2. The van der Waals surface area contributed by atoms with E-state index in [2.05, 4.69) is 15.9 Å². The lowest BCUT2D eigenvalue weighted by molar-refractivity contribution is -0.138. The lowest BCUT2D eigenvalue weighted by Crippen LogP contribution is -2.29. The molecule has 15 heavy (non-hydrogen) atoms. The van der Waals surface area contributed by atoms with Crippen molar-refractivity contribution >= 4 is 21.9 Å². The molecule has 0 amide bonds. The molecular weight excluding hydrogens is 258 g/mol. The van der Waals surface area contributed by atoms with E-state index < -0.39 is 12.0 Å². The fraction of sp³-hybridized carbons (Fsp3) is 0.364. The van der Waals surface area contributed by atoms with Gasteiger partial charge in [0.1, 0.15) is 6.04 Å². The first-order valence-corrected chi connectivity index (χ1v) is 5.62. The number of rotatable bonds is 5. The van der Waals surface area contributed by atoms with Gasteiger partial charge in [0.2, 0.25) is 0 Å². The van der Waals surface area contributed by atoms with Gasteiger partial charge in [0.05, 0.1) is 0 Å². The van der Waals surface area contributed by atoms with Crippen molar-refractivity contribution in [3.63, 3.8) is 0 Å². The van der Waals surface area contributed by atoms with Gasteiger partial charge in [-0.3, -0.25) is 4.79 Å². The topological polar surface area (TPSA) is 63.3 Å². The molecule has 0 aliphatic heterocycles. The number of hydrogen-bond donors (Lipinski definition) is 2. The summed E-state index contributed by atoms with van der Waals surface area (Å²) in [6.45, 7) is 0. The van der Waals surface area contributed by atoms with Crippen molar-refractivity contribution in [2.45, 2.75) is 25.3 Å². The number of halogens is 1. The zero-order chi connectivity index (χ0) is 11.3. The molecule has 0 saturated carbocycles. The SMILES string of the molecule is NC(CCCc1ccccc1Br)C(=O)O. The van der Waals surface area contributed by atoms with Crippen LogP contribution >= 0.6 is 15.9 Å². The van der Waals surface area contributed by atoms with Gasteiger partial charge in [0.25, 0.3) is 0 Å². The summed E-state index contributed by atoms with van der Waals surface area (Å²) in [7, 11) is 0. The summed E-state index contributed by atoms with van der Waals surface area (Å²) < 4.78 is 1.06. The van der Waals surface area contributed by atoms with Gasteiger partial charge in [0.15, 0.2) is 0 Å². The molecule has 4 heteroatoms. The average molecular weight is 272 g/mol. The number of aryl methyl sites for hydroxylation is 1. The van der Waals surface area contributed by atoms with Crippen LogP contribution in [0.15, 0.2) is 28.7 Å². The summed E-state index contributed by atoms with van der Waals surface area (Å²) in [4.78, 5) is 10.5. The molecule has 1 atom stereocenters. The number of carboxylic acid groups (broad SMARTS) is 1. The molecule has 0 spiro atoms. The molecule has 3 nitrogen and oxygen atoms in total. The van der Waals surface area contributed by atoms with Crippen LogP contribution in [-0.4, -0.2) is 17.1 Å². The van der Waals surface area contributed by atoms with Crippen LogP contribution in [0.4, 0.5) is 0 Å². The van der Waals surface area contributed by atoms with Crippen molar-refractivity contribution in [2.75, 3.05) is 0 Å². The van der Waals surface area contributed by atoms with Crippen LogP contribution in [0.3, 0.4) is 0 Å². The second kappa shape index (κ2) is 5.88. The largest absolute Gasteiger partial charge is 0.480 e. The highest BCUT2D eigenvalue weighted by atomic mass is 79.9. The summed E-state index contributed by atoms with van der Waals surface area (Å²) in [6, 6.07) is 7.18. The van der Waals surface area contributed by atoms with E-state index in [1.54, 1.807) is 0 Å². The third kappa shape index (κ3) is 4.01. The number of benzene rings is 1. The molecule has 0 aliphatic carbocycles. The zero-order valence-electron chi connectivity index (χ0n) is 8.32. The summed E-state index contributed by atoms with van der Waals surface area (Å²) in [5.74, 6) is -0.929. The Balaban J connectivity index is 2.38. The monoisotopic (exact) mass is 271 g/mol. The van der Waals surface area contributed by atoms with E-state index in [0.29, 0.717) is 6.42 Å². The van der Waals surface area contributed by atoms with Gasteiger partial charge in [-0.1, -0.05) is 34.1 Å². The number of aliphatic carboxylic acids is 1. The van der Waals surface area contributed by atoms with Crippen molar-refractivity contribution in [2.24, 2.45) is 5.73 Å². The molecule has 1 aromatic rings. The Bertz CT molecular complexity index is 341. The average Bonchev–Trinajstić information content (AvgIpc) is 2.20. The quantitative estimate of drug-likeness (QED) is 0.863. The third-order valence-electron chi connectivity index (χ3n) is 2.24. The molecule has 3 N–H and O–H groups in total. The van der Waals surface area contributed by atoms with Crippen molar-refractivity contribution in [1.82, 2.24) is 0 Å². The van der Waals surface area contributed by atoms with Crippen LogP contribution in [0.25, 0.3) is 0 Å². The van der Waals surface area contributed by atoms with E-state index >= 15 is 0 Å². The molecule has 0 saturated heterocycles. The first-order chi connectivity index (χ1) is 7.11. The molecule has 0 aliphatic rings. The lowest BCUT2D eigenvalue weighted by Gasteiger charge is -2.07. The molecule has 1 rings (SSSR count). The summed E-state index contributed by atoms with van der Waals surface area (Å²) in [6.07, 6.45) is 2.15. The van der Waals surface area contributed by atoms with E-state index in [4.69, 9.17) is 10.8 Å². The molecule has 1 unspecified atom stereocenters. The Morgan fingerprint density at radius 2 is 2.13 bits per heavy atom. The van der Waals surface area contributed by atoms with E-state index in [1.807, 2.05) is 24.3 Å². The predicted octanol–water partition coefficient (Wildman–Crippen LogP) is 2.18. The molecular formula is C11H14BrNO2. The Kier molecular flexibility index (Phi) is 4.78. The van der Waals surface area contributed by atoms with Gasteiger partial charge in [-0.2, -0.15) is 0 Å². The number of carbonyl (C=O) groups is 1. The van der Waals surface area contributed by atoms with Crippen LogP contribution < -0.4 is 5.73 Å². The lowest BCUT2D eigenvalue weighted by atomic mass is 10.1. The minimum Gasteiger partial charge on any atom is -0.480 e. The smallest absolute Gasteiger partial charge is 0.320 e. The maximum atomic E-state index is 10.5. The van der Waals surface area contributed by atoms with Crippen LogP contribution in [0, 0.1) is 0 Å². The molecule has 0 bridgehead atoms. The first kappa shape index (κ1) is 12.2. The second-order valence-corrected chi connectivity index (χ2v) is 4.28. The van der Waals surface area contributed by atoms with Gasteiger partial charge >= 0.3 is 5.97 Å². The maximum Gasteiger partial charge on any atom is 0.320 e. The van der Waals surface area contributed by atoms with Crippen LogP contribution in [0.2, 0.25) is 0 Å². The Morgan fingerprint density at radius 3 is 2.73 bits per heavy atom. The fourth-order valence-electron chi connectivity index (χ4n) is 1.34. The zero-order valence-corrected chi connectivity index (χ0v) is 9.90. The molecule has 0 fully saturated rings. The van der Waals surface area contributed by atoms with Gasteiger partial charge in [0, 0.05) is 4.47 Å². The van der Waals surface area contributed by atoms with Crippen LogP contribution in [-0.2, 0) is 11.2 Å². The standard InChI is InChI=1S/C11H14BrNO2/c12-9-6-2-1-4-8(9)5-3-7-10(13)11(14)15/h1-2,4,6,10H,3,5,7,13H2,(H,14,15). The van der Waals surface area contributed by atoms with Crippen molar-refractivity contribution < 1.29 is 9.90 Å². The molecule has 1 aromatic carbocycles.